The fourth-order valence-corrected chi connectivity index (χ4v) is 3.80. The van der Waals surface area contributed by atoms with Crippen molar-refractivity contribution in [2.24, 2.45) is 0 Å². The second kappa shape index (κ2) is 9.79. The lowest BCUT2D eigenvalue weighted by Crippen LogP contribution is -2.51. The first-order valence-electron chi connectivity index (χ1n) is 10.4. The number of hydrogen-bond donors (Lipinski definition) is 2. The number of carbonyl (C=O) groups is 2. The topological polar surface area (TPSA) is 102 Å². The van der Waals surface area contributed by atoms with Crippen LogP contribution in [0.15, 0.2) is 59.8 Å². The fourth-order valence-electron chi connectivity index (χ4n) is 3.57. The first-order chi connectivity index (χ1) is 16.6. The molecule has 3 aromatic rings. The average molecular weight is 507 g/mol. The van der Waals surface area contributed by atoms with Crippen LogP contribution < -0.4 is 20.9 Å². The molecule has 3 heterocycles. The lowest BCUT2D eigenvalue weighted by molar-refractivity contribution is -0.139. The minimum atomic E-state index is -4.39. The number of ether oxygens (including phenoxy) is 1. The van der Waals surface area contributed by atoms with Gasteiger partial charge in [-0.3, -0.25) is 24.5 Å². The molecule has 1 saturated heterocycles. The molecule has 1 unspecified atom stereocenters. The van der Waals surface area contributed by atoms with Gasteiger partial charge in [0, 0.05) is 29.5 Å². The van der Waals surface area contributed by atoms with Crippen LogP contribution >= 0.6 is 11.6 Å². The zero-order valence-electron chi connectivity index (χ0n) is 17.9. The van der Waals surface area contributed by atoms with Crippen LogP contribution in [0.1, 0.15) is 17.9 Å². The highest BCUT2D eigenvalue weighted by atomic mass is 35.5. The Morgan fingerprint density at radius 1 is 1.17 bits per heavy atom. The Morgan fingerprint density at radius 2 is 1.97 bits per heavy atom. The van der Waals surface area contributed by atoms with Crippen molar-refractivity contribution in [1.82, 2.24) is 20.2 Å². The molecule has 12 heteroatoms. The van der Waals surface area contributed by atoms with Crippen LogP contribution in [-0.2, 0) is 4.79 Å². The molecule has 2 N–H and O–H groups in total. The number of carbonyl (C=O) groups excluding carboxylic acids is 2. The number of alkyl halides is 3. The summed E-state index contributed by atoms with van der Waals surface area (Å²) in [5, 5.41) is 4.88. The molecular formula is C23H18ClF3N4O4. The molecule has 0 bridgehead atoms. The molecule has 35 heavy (non-hydrogen) atoms. The number of urea groups is 1. The summed E-state index contributed by atoms with van der Waals surface area (Å²) >= 11 is 6.17. The van der Waals surface area contributed by atoms with E-state index in [9.17, 15) is 27.6 Å². The van der Waals surface area contributed by atoms with E-state index in [0.717, 1.165) is 0 Å². The highest BCUT2D eigenvalue weighted by Gasteiger charge is 2.29. The number of nitrogens with one attached hydrogen (secondary N) is 2. The Hall–Kier alpha value is -3.86. The molecule has 3 amide bonds. The molecule has 2 aromatic heterocycles. The SMILES string of the molecule is O=C1NCC(c2cc(-c3cc(Cl)cc(OCCC(F)(F)F)c3)c(=O)n(-c3cccnc3)c2)C(=O)N1. The summed E-state index contributed by atoms with van der Waals surface area (Å²) in [6.07, 6.45) is -1.06. The smallest absolute Gasteiger partial charge is 0.392 e. The minimum Gasteiger partial charge on any atom is -0.493 e. The largest absolute Gasteiger partial charge is 0.493 e. The number of halogens is 4. The van der Waals surface area contributed by atoms with E-state index in [-0.39, 0.29) is 28.4 Å². The van der Waals surface area contributed by atoms with E-state index in [4.69, 9.17) is 16.3 Å². The van der Waals surface area contributed by atoms with Crippen LogP contribution in [0, 0.1) is 0 Å². The summed E-state index contributed by atoms with van der Waals surface area (Å²) in [7, 11) is 0. The Kier molecular flexibility index (Phi) is 6.79. The number of amides is 3. The molecule has 4 rings (SSSR count). The number of nitrogens with zero attached hydrogens (tertiary/aromatic N) is 2. The lowest BCUT2D eigenvalue weighted by Gasteiger charge is -2.23. The van der Waals surface area contributed by atoms with Crippen molar-refractivity contribution >= 4 is 23.5 Å². The van der Waals surface area contributed by atoms with Crippen LogP contribution in [0.3, 0.4) is 0 Å². The van der Waals surface area contributed by atoms with Crippen LogP contribution in [0.5, 0.6) is 5.75 Å². The van der Waals surface area contributed by atoms with Gasteiger partial charge in [0.25, 0.3) is 5.56 Å². The average Bonchev–Trinajstić information content (AvgIpc) is 2.79. The molecule has 0 aliphatic carbocycles. The molecule has 1 aliphatic heterocycles. The summed E-state index contributed by atoms with van der Waals surface area (Å²) < 4.78 is 44.0. The summed E-state index contributed by atoms with van der Waals surface area (Å²) in [5.74, 6) is -1.29. The molecule has 182 valence electrons. The van der Waals surface area contributed by atoms with Gasteiger partial charge in [-0.05, 0) is 47.5 Å². The number of imide groups is 1. The van der Waals surface area contributed by atoms with Crippen molar-refractivity contribution < 1.29 is 27.5 Å². The van der Waals surface area contributed by atoms with Crippen molar-refractivity contribution in [3.8, 4) is 22.6 Å². The molecule has 0 radical (unpaired) electrons. The van der Waals surface area contributed by atoms with Crippen molar-refractivity contribution in [1.29, 1.82) is 0 Å². The Bertz CT molecular complexity index is 1330. The maximum atomic E-state index is 13.4. The molecule has 1 aliphatic rings. The summed E-state index contributed by atoms with van der Waals surface area (Å²) in [6.45, 7) is -0.609. The predicted octanol–water partition coefficient (Wildman–Crippen LogP) is 3.81. The third kappa shape index (κ3) is 5.80. The third-order valence-electron chi connectivity index (χ3n) is 5.22. The molecule has 0 saturated carbocycles. The van der Waals surface area contributed by atoms with Gasteiger partial charge in [-0.2, -0.15) is 13.2 Å². The number of pyridine rings is 2. The van der Waals surface area contributed by atoms with E-state index >= 15 is 0 Å². The van der Waals surface area contributed by atoms with E-state index in [1.165, 1.54) is 47.4 Å². The maximum absolute atomic E-state index is 13.4. The first kappa shape index (κ1) is 24.3. The number of aromatic nitrogens is 2. The van der Waals surface area contributed by atoms with Gasteiger partial charge in [0.05, 0.1) is 30.8 Å². The van der Waals surface area contributed by atoms with Crippen molar-refractivity contribution in [2.45, 2.75) is 18.5 Å². The molecule has 1 atom stereocenters. The first-order valence-corrected chi connectivity index (χ1v) is 10.7. The molecular weight excluding hydrogens is 489 g/mol. The van der Waals surface area contributed by atoms with Gasteiger partial charge in [-0.25, -0.2) is 4.79 Å². The van der Waals surface area contributed by atoms with E-state index in [2.05, 4.69) is 15.6 Å². The van der Waals surface area contributed by atoms with Gasteiger partial charge < -0.3 is 10.1 Å². The van der Waals surface area contributed by atoms with Gasteiger partial charge >= 0.3 is 12.2 Å². The number of benzene rings is 1. The van der Waals surface area contributed by atoms with E-state index < -0.39 is 42.6 Å². The lowest BCUT2D eigenvalue weighted by atomic mass is 9.95. The molecule has 1 aromatic carbocycles. The summed E-state index contributed by atoms with van der Waals surface area (Å²) in [5.41, 5.74) is 0.763. The van der Waals surface area contributed by atoms with E-state index in [1.54, 1.807) is 12.1 Å². The van der Waals surface area contributed by atoms with Crippen molar-refractivity contribution in [3.63, 3.8) is 0 Å². The Morgan fingerprint density at radius 3 is 2.66 bits per heavy atom. The van der Waals surface area contributed by atoms with Crippen LogP contribution in [-0.4, -0.2) is 40.8 Å². The second-order valence-corrected chi connectivity index (χ2v) is 8.15. The zero-order valence-corrected chi connectivity index (χ0v) is 18.7. The highest BCUT2D eigenvalue weighted by molar-refractivity contribution is 6.31. The van der Waals surface area contributed by atoms with Gasteiger partial charge in [-0.1, -0.05) is 11.6 Å². The fraction of sp³-hybridized carbons (Fsp3) is 0.217. The number of hydrogen-bond acceptors (Lipinski definition) is 5. The monoisotopic (exact) mass is 506 g/mol. The minimum absolute atomic E-state index is 0.0106. The zero-order chi connectivity index (χ0) is 25.2. The quantitative estimate of drug-likeness (QED) is 0.529. The number of rotatable bonds is 6. The summed E-state index contributed by atoms with van der Waals surface area (Å²) in [6, 6.07) is 8.36. The maximum Gasteiger partial charge on any atom is 0.392 e. The normalized spacial score (nSPS) is 15.9. The van der Waals surface area contributed by atoms with Crippen molar-refractivity contribution in [3.05, 3.63) is 75.9 Å². The summed E-state index contributed by atoms with van der Waals surface area (Å²) in [4.78, 5) is 41.5. The van der Waals surface area contributed by atoms with Crippen LogP contribution in [0.4, 0.5) is 18.0 Å². The van der Waals surface area contributed by atoms with Crippen molar-refractivity contribution in [2.75, 3.05) is 13.2 Å². The third-order valence-corrected chi connectivity index (χ3v) is 5.44. The van der Waals surface area contributed by atoms with Gasteiger partial charge in [0.2, 0.25) is 5.91 Å². The van der Waals surface area contributed by atoms with Crippen LogP contribution in [0.25, 0.3) is 16.8 Å². The van der Waals surface area contributed by atoms with E-state index in [1.807, 2.05) is 0 Å². The highest BCUT2D eigenvalue weighted by Crippen LogP contribution is 2.30. The van der Waals surface area contributed by atoms with E-state index in [0.29, 0.717) is 11.3 Å². The Balaban J connectivity index is 1.80. The van der Waals surface area contributed by atoms with Gasteiger partial charge in [-0.15, -0.1) is 0 Å². The van der Waals surface area contributed by atoms with Gasteiger partial charge in [0.1, 0.15) is 5.75 Å². The van der Waals surface area contributed by atoms with Crippen LogP contribution in [0.2, 0.25) is 5.02 Å². The second-order valence-electron chi connectivity index (χ2n) is 7.71. The predicted molar refractivity (Wildman–Crippen MR) is 121 cm³/mol. The Labute approximate surface area is 201 Å². The standard InChI is InChI=1S/C23H18ClF3N4O4/c24-15-6-13(7-17(9-15)35-5-3-23(25,26)27)18-8-14(19-11-29-22(34)30-20(19)32)12-31(21(18)33)16-2-1-4-28-10-16/h1-2,4,6-10,12,19H,3,5,11H2,(H2,29,30,32,34). The molecule has 8 nitrogen and oxygen atoms in total. The molecule has 1 fully saturated rings. The van der Waals surface area contributed by atoms with Gasteiger partial charge in [0.15, 0.2) is 0 Å². The molecule has 0 spiro atoms.